The first kappa shape index (κ1) is 16.4. The molecule has 3 fully saturated rings. The molecule has 1 spiro atoms. The molecule has 0 atom stereocenters. The number of hydrogen-bond donors (Lipinski definition) is 0. The summed E-state index contributed by atoms with van der Waals surface area (Å²) in [4.78, 5) is 7.89. The molecule has 0 unspecified atom stereocenters. The number of likely N-dealkylation sites (tertiary alicyclic amines) is 1. The van der Waals surface area contributed by atoms with Crippen molar-refractivity contribution in [2.75, 3.05) is 50.8 Å². The van der Waals surface area contributed by atoms with Gasteiger partial charge in [-0.1, -0.05) is 37.5 Å². The molecule has 1 aromatic carbocycles. The van der Waals surface area contributed by atoms with Crippen LogP contribution in [0.3, 0.4) is 0 Å². The lowest BCUT2D eigenvalue weighted by molar-refractivity contribution is -0.0643. The quantitative estimate of drug-likeness (QED) is 0.840. The van der Waals surface area contributed by atoms with Gasteiger partial charge in [0.1, 0.15) is 0 Å². The van der Waals surface area contributed by atoms with Gasteiger partial charge in [-0.2, -0.15) is 0 Å². The fraction of sp³-hybridized carbons (Fsp3) is 0.714. The highest BCUT2D eigenvalue weighted by Crippen LogP contribution is 2.45. The Kier molecular flexibility index (Phi) is 4.57. The van der Waals surface area contributed by atoms with Gasteiger partial charge in [-0.25, -0.2) is 0 Å². The van der Waals surface area contributed by atoms with Crippen LogP contribution in [0.4, 0.5) is 5.69 Å². The zero-order valence-corrected chi connectivity index (χ0v) is 15.5. The molecule has 0 bridgehead atoms. The van der Waals surface area contributed by atoms with E-state index in [-0.39, 0.29) is 0 Å². The van der Waals surface area contributed by atoms with Gasteiger partial charge in [0, 0.05) is 45.0 Å². The number of hydrogen-bond acceptors (Lipinski definition) is 3. The van der Waals surface area contributed by atoms with Crippen molar-refractivity contribution in [3.8, 4) is 0 Å². The van der Waals surface area contributed by atoms with Crippen LogP contribution in [0, 0.1) is 18.3 Å². The van der Waals surface area contributed by atoms with Gasteiger partial charge in [-0.3, -0.25) is 9.80 Å². The summed E-state index contributed by atoms with van der Waals surface area (Å²) < 4.78 is 0. The van der Waals surface area contributed by atoms with Gasteiger partial charge in [0.2, 0.25) is 0 Å². The van der Waals surface area contributed by atoms with E-state index in [9.17, 15) is 0 Å². The van der Waals surface area contributed by atoms with Crippen molar-refractivity contribution in [2.24, 2.45) is 11.3 Å². The topological polar surface area (TPSA) is 9.72 Å². The molecular weight excluding hydrogens is 294 g/mol. The summed E-state index contributed by atoms with van der Waals surface area (Å²) >= 11 is 0. The summed E-state index contributed by atoms with van der Waals surface area (Å²) in [6.07, 6.45) is 5.88. The highest BCUT2D eigenvalue weighted by molar-refractivity contribution is 5.47. The maximum absolute atomic E-state index is 2.69. The van der Waals surface area contributed by atoms with Crippen molar-refractivity contribution < 1.29 is 0 Å². The Morgan fingerprint density at radius 3 is 2.17 bits per heavy atom. The van der Waals surface area contributed by atoms with Crippen LogP contribution in [0.5, 0.6) is 0 Å². The van der Waals surface area contributed by atoms with E-state index in [2.05, 4.69) is 52.8 Å². The molecule has 2 heterocycles. The van der Waals surface area contributed by atoms with E-state index in [4.69, 9.17) is 0 Å². The van der Waals surface area contributed by atoms with E-state index in [0.717, 1.165) is 5.92 Å². The second-order valence-electron chi connectivity index (χ2n) is 8.75. The van der Waals surface area contributed by atoms with Crippen molar-refractivity contribution in [1.29, 1.82) is 0 Å². The van der Waals surface area contributed by atoms with E-state index in [1.807, 2.05) is 0 Å². The Bertz CT molecular complexity index is 529. The molecule has 24 heavy (non-hydrogen) atoms. The molecule has 0 aromatic heterocycles. The summed E-state index contributed by atoms with van der Waals surface area (Å²) in [7, 11) is 0. The minimum Gasteiger partial charge on any atom is -0.369 e. The van der Waals surface area contributed by atoms with E-state index in [1.165, 1.54) is 82.9 Å². The molecule has 132 valence electrons. The molecular formula is C21H33N3. The lowest BCUT2D eigenvalue weighted by Crippen LogP contribution is -2.61. The van der Waals surface area contributed by atoms with E-state index in [1.54, 1.807) is 0 Å². The average Bonchev–Trinajstić information content (AvgIpc) is 2.57. The predicted molar refractivity (Wildman–Crippen MR) is 101 cm³/mol. The molecule has 2 saturated heterocycles. The minimum absolute atomic E-state index is 0.705. The van der Waals surface area contributed by atoms with Crippen LogP contribution in [-0.2, 0) is 0 Å². The second kappa shape index (κ2) is 6.68. The first-order valence-corrected chi connectivity index (χ1v) is 9.88. The number of benzene rings is 1. The van der Waals surface area contributed by atoms with Crippen LogP contribution >= 0.6 is 0 Å². The van der Waals surface area contributed by atoms with Crippen LogP contribution in [0.25, 0.3) is 0 Å². The van der Waals surface area contributed by atoms with Crippen LogP contribution in [-0.4, -0.2) is 55.7 Å². The van der Waals surface area contributed by atoms with Gasteiger partial charge in [-0.05, 0) is 43.2 Å². The Balaban J connectivity index is 1.21. The monoisotopic (exact) mass is 327 g/mol. The van der Waals surface area contributed by atoms with Crippen LogP contribution in [0.15, 0.2) is 24.3 Å². The smallest absolute Gasteiger partial charge is 0.0508 e. The standard InChI is InChI=1S/C21H33N3/c1-18-3-5-20(6-4-18)24-13-11-22(12-14-24)17-23-15-21(16-23)9-7-19(2)8-10-21/h3-6,19H,7-17H2,1-2H3. The zero-order valence-electron chi connectivity index (χ0n) is 15.5. The molecule has 3 nitrogen and oxygen atoms in total. The fourth-order valence-corrected chi connectivity index (χ4v) is 4.88. The molecule has 1 aliphatic carbocycles. The lowest BCUT2D eigenvalue weighted by Gasteiger charge is -2.55. The third-order valence-electron chi connectivity index (χ3n) is 6.62. The molecule has 0 radical (unpaired) electrons. The molecule has 3 aliphatic rings. The van der Waals surface area contributed by atoms with Crippen LogP contribution < -0.4 is 4.90 Å². The largest absolute Gasteiger partial charge is 0.369 e. The number of rotatable bonds is 3. The van der Waals surface area contributed by atoms with Crippen molar-refractivity contribution in [1.82, 2.24) is 9.80 Å². The lowest BCUT2D eigenvalue weighted by atomic mass is 9.66. The average molecular weight is 328 g/mol. The van der Waals surface area contributed by atoms with E-state index < -0.39 is 0 Å². The van der Waals surface area contributed by atoms with Gasteiger partial charge in [0.05, 0.1) is 6.67 Å². The third kappa shape index (κ3) is 3.48. The first-order valence-electron chi connectivity index (χ1n) is 9.88. The maximum atomic E-state index is 2.69. The summed E-state index contributed by atoms with van der Waals surface area (Å²) in [5.41, 5.74) is 3.44. The van der Waals surface area contributed by atoms with Crippen molar-refractivity contribution in [2.45, 2.75) is 39.5 Å². The first-order chi connectivity index (χ1) is 11.6. The molecule has 1 aromatic rings. The molecule has 0 N–H and O–H groups in total. The predicted octanol–water partition coefficient (Wildman–Crippen LogP) is 3.59. The Labute approximate surface area is 147 Å². The fourth-order valence-electron chi connectivity index (χ4n) is 4.88. The SMILES string of the molecule is Cc1ccc(N2CCN(CN3CC4(CCC(C)CC4)C3)CC2)cc1. The van der Waals surface area contributed by atoms with Crippen LogP contribution in [0.1, 0.15) is 38.2 Å². The molecule has 2 aliphatic heterocycles. The van der Waals surface area contributed by atoms with Gasteiger partial charge >= 0.3 is 0 Å². The molecule has 3 heteroatoms. The van der Waals surface area contributed by atoms with Crippen molar-refractivity contribution in [3.63, 3.8) is 0 Å². The molecule has 1 saturated carbocycles. The Hall–Kier alpha value is -1.06. The summed E-state index contributed by atoms with van der Waals surface area (Å²) in [5, 5.41) is 0. The highest BCUT2D eigenvalue weighted by atomic mass is 15.4. The Morgan fingerprint density at radius 1 is 0.917 bits per heavy atom. The molecule has 4 rings (SSSR count). The van der Waals surface area contributed by atoms with Crippen molar-refractivity contribution in [3.05, 3.63) is 29.8 Å². The van der Waals surface area contributed by atoms with Gasteiger partial charge < -0.3 is 4.90 Å². The maximum Gasteiger partial charge on any atom is 0.0508 e. The summed E-state index contributed by atoms with van der Waals surface area (Å²) in [5.74, 6) is 0.972. The van der Waals surface area contributed by atoms with E-state index in [0.29, 0.717) is 5.41 Å². The second-order valence-corrected chi connectivity index (χ2v) is 8.75. The zero-order chi connectivity index (χ0) is 16.6. The van der Waals surface area contributed by atoms with Crippen molar-refractivity contribution >= 4 is 5.69 Å². The van der Waals surface area contributed by atoms with Crippen LogP contribution in [0.2, 0.25) is 0 Å². The normalized spacial score (nSPS) is 25.8. The third-order valence-corrected chi connectivity index (χ3v) is 6.62. The summed E-state index contributed by atoms with van der Waals surface area (Å²) in [6, 6.07) is 9.00. The number of nitrogens with zero attached hydrogens (tertiary/aromatic N) is 3. The number of aryl methyl sites for hydroxylation is 1. The van der Waals surface area contributed by atoms with Gasteiger partial charge in [-0.15, -0.1) is 0 Å². The Morgan fingerprint density at radius 2 is 1.54 bits per heavy atom. The van der Waals surface area contributed by atoms with Gasteiger partial charge in [0.25, 0.3) is 0 Å². The number of anilines is 1. The number of piperazine rings is 1. The highest BCUT2D eigenvalue weighted by Gasteiger charge is 2.44. The van der Waals surface area contributed by atoms with E-state index >= 15 is 0 Å². The molecule has 0 amide bonds. The van der Waals surface area contributed by atoms with Gasteiger partial charge in [0.15, 0.2) is 0 Å². The summed E-state index contributed by atoms with van der Waals surface area (Å²) in [6.45, 7) is 13.2. The minimum atomic E-state index is 0.705.